The maximum Gasteiger partial charge on any atom is 0.330 e. The van der Waals surface area contributed by atoms with Gasteiger partial charge in [0.15, 0.2) is 11.5 Å². The lowest BCUT2D eigenvalue weighted by Gasteiger charge is -2.42. The fourth-order valence-corrected chi connectivity index (χ4v) is 2.81. The Balaban J connectivity index is 2.27. The van der Waals surface area contributed by atoms with Crippen molar-refractivity contribution >= 4 is 18.0 Å². The number of hydrogen-bond donors (Lipinski definition) is 4. The first-order valence-corrected chi connectivity index (χ1v) is 8.81. The van der Waals surface area contributed by atoms with Gasteiger partial charge in [0, 0.05) is 13.0 Å². The molecule has 29 heavy (non-hydrogen) atoms. The zero-order valence-electron chi connectivity index (χ0n) is 16.3. The van der Waals surface area contributed by atoms with Crippen molar-refractivity contribution in [3.05, 3.63) is 29.8 Å². The van der Waals surface area contributed by atoms with E-state index in [9.17, 15) is 24.9 Å². The fourth-order valence-electron chi connectivity index (χ4n) is 2.81. The molecule has 1 aliphatic heterocycles. The Morgan fingerprint density at radius 1 is 1.21 bits per heavy atom. The summed E-state index contributed by atoms with van der Waals surface area (Å²) in [5.74, 6) is -0.455. The van der Waals surface area contributed by atoms with E-state index in [1.165, 1.54) is 33.3 Å². The number of rotatable bonds is 7. The Bertz CT molecular complexity index is 751. The molecule has 1 amide bonds. The molecule has 0 aliphatic carbocycles. The van der Waals surface area contributed by atoms with E-state index in [1.54, 1.807) is 18.2 Å². The highest BCUT2D eigenvalue weighted by Gasteiger charge is 2.46. The largest absolute Gasteiger partial charge is 0.493 e. The summed E-state index contributed by atoms with van der Waals surface area (Å²) in [4.78, 5) is 22.7. The van der Waals surface area contributed by atoms with Gasteiger partial charge in [-0.2, -0.15) is 0 Å². The van der Waals surface area contributed by atoms with Gasteiger partial charge >= 0.3 is 5.97 Å². The Kier molecular flexibility index (Phi) is 7.97. The highest BCUT2D eigenvalue weighted by atomic mass is 16.7. The van der Waals surface area contributed by atoms with Gasteiger partial charge in [0.2, 0.25) is 12.2 Å². The smallest absolute Gasteiger partial charge is 0.330 e. The van der Waals surface area contributed by atoms with Crippen LogP contribution in [0.3, 0.4) is 0 Å². The molecular weight excluding hydrogens is 386 g/mol. The average molecular weight is 411 g/mol. The molecule has 160 valence electrons. The molecule has 4 N–H and O–H groups in total. The fraction of sp³-hybridized carbons (Fsp3) is 0.474. The number of benzene rings is 1. The Morgan fingerprint density at radius 2 is 1.93 bits per heavy atom. The third-order valence-corrected chi connectivity index (χ3v) is 4.29. The molecule has 1 heterocycles. The van der Waals surface area contributed by atoms with Crippen LogP contribution in [0.15, 0.2) is 24.3 Å². The molecule has 5 unspecified atom stereocenters. The lowest BCUT2D eigenvalue weighted by molar-refractivity contribution is -0.244. The van der Waals surface area contributed by atoms with E-state index in [1.807, 2.05) is 0 Å². The number of hydrogen-bond acceptors (Lipinski definition) is 9. The molecule has 1 fully saturated rings. The Labute approximate surface area is 167 Å². The van der Waals surface area contributed by atoms with Crippen LogP contribution in [0, 0.1) is 0 Å². The monoisotopic (exact) mass is 411 g/mol. The zero-order chi connectivity index (χ0) is 21.6. The third kappa shape index (κ3) is 5.67. The average Bonchev–Trinajstić information content (AvgIpc) is 2.71. The maximum absolute atomic E-state index is 11.5. The minimum atomic E-state index is -1.43. The highest BCUT2D eigenvalue weighted by molar-refractivity contribution is 5.87. The normalized spacial score (nSPS) is 26.8. The summed E-state index contributed by atoms with van der Waals surface area (Å²) in [5, 5.41) is 32.3. The van der Waals surface area contributed by atoms with Crippen molar-refractivity contribution in [3.63, 3.8) is 0 Å². The lowest BCUT2D eigenvalue weighted by atomic mass is 9.97. The van der Waals surface area contributed by atoms with Gasteiger partial charge in [-0.3, -0.25) is 4.79 Å². The minimum Gasteiger partial charge on any atom is -0.493 e. The number of esters is 1. The second-order valence-corrected chi connectivity index (χ2v) is 6.32. The second kappa shape index (κ2) is 10.2. The maximum atomic E-state index is 11.5. The number of aliphatic hydroxyl groups excluding tert-OH is 3. The van der Waals surface area contributed by atoms with E-state index in [-0.39, 0.29) is 5.75 Å². The summed E-state index contributed by atoms with van der Waals surface area (Å²) >= 11 is 0. The van der Waals surface area contributed by atoms with Crippen LogP contribution in [0.1, 0.15) is 12.5 Å². The number of carbonyl (C=O) groups excluding carboxylic acids is 2. The predicted molar refractivity (Wildman–Crippen MR) is 100 cm³/mol. The molecule has 0 saturated carbocycles. The molecule has 0 spiro atoms. The molecule has 0 bridgehead atoms. The highest BCUT2D eigenvalue weighted by Crippen LogP contribution is 2.32. The van der Waals surface area contributed by atoms with E-state index >= 15 is 0 Å². The number of amides is 1. The first-order valence-electron chi connectivity index (χ1n) is 8.81. The van der Waals surface area contributed by atoms with Crippen molar-refractivity contribution in [2.75, 3.05) is 20.8 Å². The van der Waals surface area contributed by atoms with Crippen molar-refractivity contribution in [1.29, 1.82) is 0 Å². The molecule has 1 saturated heterocycles. The lowest BCUT2D eigenvalue weighted by Crippen LogP contribution is -2.65. The molecule has 1 aromatic rings. The quantitative estimate of drug-likeness (QED) is 0.335. The van der Waals surface area contributed by atoms with Crippen LogP contribution < -0.4 is 14.8 Å². The zero-order valence-corrected chi connectivity index (χ0v) is 16.3. The van der Waals surface area contributed by atoms with Gasteiger partial charge in [0.1, 0.15) is 24.4 Å². The number of ether oxygens (including phenoxy) is 4. The molecule has 10 heteroatoms. The van der Waals surface area contributed by atoms with Gasteiger partial charge in [-0.05, 0) is 23.8 Å². The van der Waals surface area contributed by atoms with Crippen LogP contribution in [0.4, 0.5) is 0 Å². The van der Waals surface area contributed by atoms with Gasteiger partial charge in [0.05, 0.1) is 20.8 Å². The molecule has 2 rings (SSSR count). The third-order valence-electron chi connectivity index (χ3n) is 4.29. The van der Waals surface area contributed by atoms with E-state index in [0.29, 0.717) is 11.3 Å². The number of carbonyl (C=O) groups is 2. The van der Waals surface area contributed by atoms with Gasteiger partial charge < -0.3 is 39.6 Å². The van der Waals surface area contributed by atoms with Gasteiger partial charge in [-0.25, -0.2) is 4.79 Å². The molecule has 10 nitrogen and oxygen atoms in total. The van der Waals surface area contributed by atoms with Crippen molar-refractivity contribution in [2.45, 2.75) is 37.6 Å². The van der Waals surface area contributed by atoms with E-state index in [2.05, 4.69) is 10.1 Å². The summed E-state index contributed by atoms with van der Waals surface area (Å²) in [7, 11) is 2.68. The standard InChI is InChI=1S/C19H25NO9/c1-10(22)20-16-18(25)17(24)14(9-21)29-19(16)28-12-6-4-11(8-13(12)26-2)5-7-15(23)27-3/h4-8,14,16-19,21,24-25H,9H2,1-3H3,(H,20,22). The summed E-state index contributed by atoms with van der Waals surface area (Å²) in [6, 6.07) is 3.70. The SMILES string of the molecule is COC(=O)C=Cc1ccc(OC2OC(CO)C(O)C(O)C2NC(C)=O)c(OC)c1. The summed E-state index contributed by atoms with van der Waals surface area (Å²) < 4.78 is 21.2. The van der Waals surface area contributed by atoms with Crippen LogP contribution in [0.2, 0.25) is 0 Å². The van der Waals surface area contributed by atoms with Gasteiger partial charge in [-0.15, -0.1) is 0 Å². The van der Waals surface area contributed by atoms with E-state index in [4.69, 9.17) is 14.2 Å². The van der Waals surface area contributed by atoms with Crippen molar-refractivity contribution in [3.8, 4) is 11.5 Å². The predicted octanol–water partition coefficient (Wildman–Crippen LogP) is -0.796. The summed E-state index contributed by atoms with van der Waals surface area (Å²) in [6.45, 7) is 0.691. The molecule has 1 aromatic carbocycles. The first kappa shape index (κ1) is 22.6. The second-order valence-electron chi connectivity index (χ2n) is 6.32. The molecule has 1 aliphatic rings. The van der Waals surface area contributed by atoms with E-state index in [0.717, 1.165) is 0 Å². The molecular formula is C19H25NO9. The van der Waals surface area contributed by atoms with Crippen LogP contribution in [0.25, 0.3) is 6.08 Å². The van der Waals surface area contributed by atoms with Gasteiger partial charge in [0.25, 0.3) is 0 Å². The van der Waals surface area contributed by atoms with Crippen LogP contribution in [-0.4, -0.2) is 78.7 Å². The van der Waals surface area contributed by atoms with E-state index < -0.39 is 49.1 Å². The van der Waals surface area contributed by atoms with Crippen LogP contribution in [-0.2, 0) is 19.1 Å². The topological polar surface area (TPSA) is 144 Å². The van der Waals surface area contributed by atoms with Crippen LogP contribution in [0.5, 0.6) is 11.5 Å². The van der Waals surface area contributed by atoms with Crippen molar-refractivity contribution < 1.29 is 43.9 Å². The minimum absolute atomic E-state index is 0.225. The van der Waals surface area contributed by atoms with Crippen molar-refractivity contribution in [1.82, 2.24) is 5.32 Å². The Morgan fingerprint density at radius 3 is 2.52 bits per heavy atom. The number of methoxy groups -OCH3 is 2. The van der Waals surface area contributed by atoms with Crippen LogP contribution >= 0.6 is 0 Å². The summed E-state index contributed by atoms with van der Waals surface area (Å²) in [5.41, 5.74) is 0.631. The van der Waals surface area contributed by atoms with Gasteiger partial charge in [-0.1, -0.05) is 6.07 Å². The Hall–Kier alpha value is -2.66. The number of nitrogens with one attached hydrogen (secondary N) is 1. The first-order chi connectivity index (χ1) is 13.8. The molecule has 5 atom stereocenters. The number of aliphatic hydroxyl groups is 3. The summed E-state index contributed by atoms with van der Waals surface area (Å²) in [6.07, 6.45) is -2.38. The molecule has 0 radical (unpaired) electrons. The molecule has 0 aromatic heterocycles. The van der Waals surface area contributed by atoms with Crippen molar-refractivity contribution in [2.24, 2.45) is 0 Å².